The number of ether oxygens (including phenoxy) is 1. The van der Waals surface area contributed by atoms with Crippen molar-refractivity contribution >= 4 is 11.6 Å². The first-order valence-electron chi connectivity index (χ1n) is 6.22. The van der Waals surface area contributed by atoms with Gasteiger partial charge in [-0.15, -0.1) is 10.2 Å². The smallest absolute Gasteiger partial charge is 0.231 e. The second-order valence-electron chi connectivity index (χ2n) is 4.61. The normalized spacial score (nSPS) is 21.9. The highest BCUT2D eigenvalue weighted by molar-refractivity contribution is 5.93. The number of hydrogen-bond donors (Lipinski definition) is 3. The number of aromatic nitrogens is 4. The highest BCUT2D eigenvalue weighted by Crippen LogP contribution is 2.20. The fourth-order valence-electron chi connectivity index (χ4n) is 2.10. The van der Waals surface area contributed by atoms with E-state index in [4.69, 9.17) is 10.5 Å². The second kappa shape index (κ2) is 5.35. The standard InChI is InChI=1S/C12H14N6O2/c13-10-6-20-5-9(10)12(19)14-8-3-1-2-7(4-8)11-15-17-18-16-11/h1-4,9-10H,5-6,13H2,(H,14,19)(H,15,16,17,18). The molecule has 0 radical (unpaired) electrons. The molecule has 0 saturated carbocycles. The van der Waals surface area contributed by atoms with Gasteiger partial charge < -0.3 is 15.8 Å². The number of amides is 1. The fraction of sp³-hybridized carbons (Fsp3) is 0.333. The van der Waals surface area contributed by atoms with Gasteiger partial charge in [0.15, 0.2) is 0 Å². The van der Waals surface area contributed by atoms with Gasteiger partial charge in [-0.2, -0.15) is 5.21 Å². The van der Waals surface area contributed by atoms with Crippen molar-refractivity contribution in [2.24, 2.45) is 11.7 Å². The van der Waals surface area contributed by atoms with Crippen molar-refractivity contribution in [3.8, 4) is 11.4 Å². The molecule has 1 fully saturated rings. The number of aromatic amines is 1. The molecule has 8 nitrogen and oxygen atoms in total. The Labute approximate surface area is 114 Å². The molecule has 1 aliphatic heterocycles. The topological polar surface area (TPSA) is 119 Å². The summed E-state index contributed by atoms with van der Waals surface area (Å²) in [6, 6.07) is 6.97. The van der Waals surface area contributed by atoms with E-state index < -0.39 is 0 Å². The largest absolute Gasteiger partial charge is 0.379 e. The molecule has 0 bridgehead atoms. The number of H-pyrrole nitrogens is 1. The summed E-state index contributed by atoms with van der Waals surface area (Å²) in [5.74, 6) is 0.0195. The molecule has 0 spiro atoms. The second-order valence-corrected chi connectivity index (χ2v) is 4.61. The SMILES string of the molecule is NC1COCC1C(=O)Nc1cccc(-c2nn[nH]n2)c1. The van der Waals surface area contributed by atoms with Gasteiger partial charge >= 0.3 is 0 Å². The van der Waals surface area contributed by atoms with Crippen LogP contribution in [0.1, 0.15) is 0 Å². The Morgan fingerprint density at radius 1 is 1.45 bits per heavy atom. The van der Waals surface area contributed by atoms with Gasteiger partial charge in [0, 0.05) is 17.3 Å². The maximum atomic E-state index is 12.1. The van der Waals surface area contributed by atoms with E-state index in [0.29, 0.717) is 24.7 Å². The zero-order valence-electron chi connectivity index (χ0n) is 10.6. The first kappa shape index (κ1) is 12.7. The van der Waals surface area contributed by atoms with Gasteiger partial charge in [-0.25, -0.2) is 0 Å². The minimum atomic E-state index is -0.316. The third-order valence-corrected chi connectivity index (χ3v) is 3.19. The number of nitrogens with two attached hydrogens (primary N) is 1. The molecule has 1 saturated heterocycles. The first-order valence-corrected chi connectivity index (χ1v) is 6.22. The summed E-state index contributed by atoms with van der Waals surface area (Å²) >= 11 is 0. The Balaban J connectivity index is 1.74. The third-order valence-electron chi connectivity index (χ3n) is 3.19. The van der Waals surface area contributed by atoms with Gasteiger partial charge in [0.1, 0.15) is 0 Å². The van der Waals surface area contributed by atoms with E-state index >= 15 is 0 Å². The molecular weight excluding hydrogens is 260 g/mol. The molecule has 104 valence electrons. The predicted molar refractivity (Wildman–Crippen MR) is 70.5 cm³/mol. The molecular formula is C12H14N6O2. The zero-order chi connectivity index (χ0) is 13.9. The Morgan fingerprint density at radius 2 is 2.35 bits per heavy atom. The molecule has 2 atom stereocenters. The van der Waals surface area contributed by atoms with Crippen LogP contribution in [-0.4, -0.2) is 45.8 Å². The molecule has 1 aromatic carbocycles. The van der Waals surface area contributed by atoms with E-state index in [2.05, 4.69) is 25.9 Å². The fourth-order valence-corrected chi connectivity index (χ4v) is 2.10. The van der Waals surface area contributed by atoms with Gasteiger partial charge in [0.2, 0.25) is 11.7 Å². The van der Waals surface area contributed by atoms with Crippen molar-refractivity contribution in [3.63, 3.8) is 0 Å². The van der Waals surface area contributed by atoms with E-state index in [1.54, 1.807) is 12.1 Å². The van der Waals surface area contributed by atoms with E-state index in [9.17, 15) is 4.79 Å². The number of tetrazole rings is 1. The van der Waals surface area contributed by atoms with Crippen LogP contribution in [0.15, 0.2) is 24.3 Å². The molecule has 8 heteroatoms. The van der Waals surface area contributed by atoms with Gasteiger partial charge in [0.25, 0.3) is 0 Å². The molecule has 1 aliphatic rings. The Kier molecular flexibility index (Phi) is 3.40. The molecule has 2 heterocycles. The summed E-state index contributed by atoms with van der Waals surface area (Å²) < 4.78 is 5.19. The molecule has 1 aromatic heterocycles. The van der Waals surface area contributed by atoms with Crippen LogP contribution in [0.2, 0.25) is 0 Å². The number of nitrogens with one attached hydrogen (secondary N) is 2. The summed E-state index contributed by atoms with van der Waals surface area (Å²) in [7, 11) is 0. The highest BCUT2D eigenvalue weighted by Gasteiger charge is 2.31. The van der Waals surface area contributed by atoms with Crippen molar-refractivity contribution in [3.05, 3.63) is 24.3 Å². The number of rotatable bonds is 3. The lowest BCUT2D eigenvalue weighted by Crippen LogP contribution is -2.37. The lowest BCUT2D eigenvalue weighted by atomic mass is 10.0. The van der Waals surface area contributed by atoms with Crippen molar-refractivity contribution < 1.29 is 9.53 Å². The molecule has 2 aromatic rings. The third kappa shape index (κ3) is 2.51. The molecule has 2 unspecified atom stereocenters. The van der Waals surface area contributed by atoms with Crippen LogP contribution < -0.4 is 11.1 Å². The summed E-state index contributed by atoms with van der Waals surface area (Å²) in [5, 5.41) is 16.5. The van der Waals surface area contributed by atoms with Crippen molar-refractivity contribution in [2.75, 3.05) is 18.5 Å². The molecule has 4 N–H and O–H groups in total. The average Bonchev–Trinajstić information content (AvgIpc) is 3.09. The number of anilines is 1. The number of hydrogen-bond acceptors (Lipinski definition) is 6. The van der Waals surface area contributed by atoms with Crippen LogP contribution in [0.3, 0.4) is 0 Å². The van der Waals surface area contributed by atoms with Crippen molar-refractivity contribution in [1.82, 2.24) is 20.6 Å². The molecule has 0 aliphatic carbocycles. The lowest BCUT2D eigenvalue weighted by molar-refractivity contribution is -0.120. The Bertz CT molecular complexity index is 600. The van der Waals surface area contributed by atoms with Crippen LogP contribution in [0, 0.1) is 5.92 Å². The van der Waals surface area contributed by atoms with Gasteiger partial charge in [-0.1, -0.05) is 12.1 Å². The van der Waals surface area contributed by atoms with Crippen LogP contribution in [0.5, 0.6) is 0 Å². The summed E-state index contributed by atoms with van der Waals surface area (Å²) in [4.78, 5) is 12.1. The predicted octanol–water partition coefficient (Wildman–Crippen LogP) is -0.221. The zero-order valence-corrected chi connectivity index (χ0v) is 10.6. The maximum absolute atomic E-state index is 12.1. The Hall–Kier alpha value is -2.32. The maximum Gasteiger partial charge on any atom is 0.231 e. The first-order chi connectivity index (χ1) is 9.74. The summed E-state index contributed by atoms with van der Waals surface area (Å²) in [6.45, 7) is 0.776. The van der Waals surface area contributed by atoms with E-state index in [1.807, 2.05) is 12.1 Å². The molecule has 20 heavy (non-hydrogen) atoms. The van der Waals surface area contributed by atoms with Gasteiger partial charge in [-0.05, 0) is 17.3 Å². The Morgan fingerprint density at radius 3 is 3.05 bits per heavy atom. The summed E-state index contributed by atoms with van der Waals surface area (Å²) in [5.41, 5.74) is 7.25. The molecule has 1 amide bonds. The number of carbonyl (C=O) groups excluding carboxylic acids is 1. The summed E-state index contributed by atoms with van der Waals surface area (Å²) in [6.07, 6.45) is 0. The van der Waals surface area contributed by atoms with E-state index in [0.717, 1.165) is 5.56 Å². The quantitative estimate of drug-likeness (QED) is 0.712. The van der Waals surface area contributed by atoms with Gasteiger partial charge in [-0.3, -0.25) is 4.79 Å². The van der Waals surface area contributed by atoms with Crippen molar-refractivity contribution in [1.29, 1.82) is 0 Å². The lowest BCUT2D eigenvalue weighted by Gasteiger charge is -2.13. The number of carbonyl (C=O) groups is 1. The number of nitrogens with zero attached hydrogens (tertiary/aromatic N) is 3. The van der Waals surface area contributed by atoms with E-state index in [-0.39, 0.29) is 17.9 Å². The van der Waals surface area contributed by atoms with Crippen LogP contribution in [0.25, 0.3) is 11.4 Å². The van der Waals surface area contributed by atoms with Crippen molar-refractivity contribution in [2.45, 2.75) is 6.04 Å². The average molecular weight is 274 g/mol. The van der Waals surface area contributed by atoms with Crippen LogP contribution >= 0.6 is 0 Å². The van der Waals surface area contributed by atoms with Crippen LogP contribution in [0.4, 0.5) is 5.69 Å². The minimum absolute atomic E-state index is 0.139. The minimum Gasteiger partial charge on any atom is -0.379 e. The number of benzene rings is 1. The van der Waals surface area contributed by atoms with Crippen LogP contribution in [-0.2, 0) is 9.53 Å². The monoisotopic (exact) mass is 274 g/mol. The van der Waals surface area contributed by atoms with Gasteiger partial charge in [0.05, 0.1) is 19.1 Å². The molecule has 3 rings (SSSR count). The highest BCUT2D eigenvalue weighted by atomic mass is 16.5. The van der Waals surface area contributed by atoms with E-state index in [1.165, 1.54) is 0 Å².